The van der Waals surface area contributed by atoms with Crippen molar-refractivity contribution in [2.45, 2.75) is 39.3 Å². The number of carbonyl (C=O) groups is 2. The standard InChI is InChI=1S/C19H24N2O3/c1-13(2)18(19(23)20-14(3)16-10-7-11-24-16)21-17(22)12-15-8-5-4-6-9-15/h4-11,13-14,18H,12H2,1-3H3,(H,20,23)(H,21,22)/t14-,18-/m1/s1. The molecule has 24 heavy (non-hydrogen) atoms. The summed E-state index contributed by atoms with van der Waals surface area (Å²) >= 11 is 0. The molecule has 0 aliphatic heterocycles. The molecule has 0 bridgehead atoms. The zero-order valence-corrected chi connectivity index (χ0v) is 14.3. The molecule has 0 aliphatic carbocycles. The van der Waals surface area contributed by atoms with Gasteiger partial charge in [0, 0.05) is 0 Å². The normalized spacial score (nSPS) is 13.3. The van der Waals surface area contributed by atoms with Gasteiger partial charge in [0.1, 0.15) is 11.8 Å². The van der Waals surface area contributed by atoms with E-state index in [2.05, 4.69) is 10.6 Å². The number of amides is 2. The van der Waals surface area contributed by atoms with Gasteiger partial charge in [0.15, 0.2) is 0 Å². The predicted octanol–water partition coefficient (Wildman–Crippen LogP) is 2.84. The highest BCUT2D eigenvalue weighted by Gasteiger charge is 2.26. The number of furan rings is 1. The molecule has 0 aliphatic rings. The van der Waals surface area contributed by atoms with E-state index in [1.165, 1.54) is 0 Å². The van der Waals surface area contributed by atoms with Crippen LogP contribution in [0.15, 0.2) is 53.1 Å². The highest BCUT2D eigenvalue weighted by atomic mass is 16.3. The summed E-state index contributed by atoms with van der Waals surface area (Å²) in [6.45, 7) is 5.66. The third-order valence-electron chi connectivity index (χ3n) is 3.80. The van der Waals surface area contributed by atoms with Crippen LogP contribution < -0.4 is 10.6 Å². The Morgan fingerprint density at radius 3 is 2.29 bits per heavy atom. The summed E-state index contributed by atoms with van der Waals surface area (Å²) in [7, 11) is 0. The highest BCUT2D eigenvalue weighted by Crippen LogP contribution is 2.13. The van der Waals surface area contributed by atoms with Gasteiger partial charge in [-0.05, 0) is 30.5 Å². The van der Waals surface area contributed by atoms with E-state index in [1.807, 2.05) is 57.2 Å². The Balaban J connectivity index is 1.95. The van der Waals surface area contributed by atoms with Gasteiger partial charge in [0.2, 0.25) is 11.8 Å². The fourth-order valence-corrected chi connectivity index (χ4v) is 2.45. The number of hydrogen-bond donors (Lipinski definition) is 2. The van der Waals surface area contributed by atoms with Gasteiger partial charge in [0.25, 0.3) is 0 Å². The predicted molar refractivity (Wildman–Crippen MR) is 92.2 cm³/mol. The molecular formula is C19H24N2O3. The van der Waals surface area contributed by atoms with Gasteiger partial charge in [-0.15, -0.1) is 0 Å². The molecule has 0 radical (unpaired) electrons. The van der Waals surface area contributed by atoms with Crippen molar-refractivity contribution < 1.29 is 14.0 Å². The summed E-state index contributed by atoms with van der Waals surface area (Å²) in [6.07, 6.45) is 1.82. The first kappa shape index (κ1) is 17.8. The lowest BCUT2D eigenvalue weighted by Gasteiger charge is -2.23. The van der Waals surface area contributed by atoms with E-state index in [4.69, 9.17) is 4.42 Å². The average molecular weight is 328 g/mol. The summed E-state index contributed by atoms with van der Waals surface area (Å²) in [5.74, 6) is 0.283. The van der Waals surface area contributed by atoms with Crippen LogP contribution in [0.5, 0.6) is 0 Å². The molecule has 1 aromatic carbocycles. The molecule has 2 aromatic rings. The lowest BCUT2D eigenvalue weighted by atomic mass is 10.0. The van der Waals surface area contributed by atoms with Crippen LogP contribution in [0, 0.1) is 5.92 Å². The van der Waals surface area contributed by atoms with Crippen molar-refractivity contribution in [1.29, 1.82) is 0 Å². The summed E-state index contributed by atoms with van der Waals surface area (Å²) in [5.41, 5.74) is 0.918. The Morgan fingerprint density at radius 2 is 1.71 bits per heavy atom. The largest absolute Gasteiger partial charge is 0.467 e. The topological polar surface area (TPSA) is 71.3 Å². The fraction of sp³-hybridized carbons (Fsp3) is 0.368. The smallest absolute Gasteiger partial charge is 0.243 e. The molecule has 5 nitrogen and oxygen atoms in total. The number of carbonyl (C=O) groups excluding carboxylic acids is 2. The van der Waals surface area contributed by atoms with E-state index in [-0.39, 0.29) is 30.2 Å². The molecular weight excluding hydrogens is 304 g/mol. The van der Waals surface area contributed by atoms with E-state index in [9.17, 15) is 9.59 Å². The van der Waals surface area contributed by atoms with Gasteiger partial charge in [-0.2, -0.15) is 0 Å². The first-order valence-corrected chi connectivity index (χ1v) is 8.14. The minimum Gasteiger partial charge on any atom is -0.467 e. The fourth-order valence-electron chi connectivity index (χ4n) is 2.45. The summed E-state index contributed by atoms with van der Waals surface area (Å²) in [5, 5.41) is 5.72. The van der Waals surface area contributed by atoms with Gasteiger partial charge in [0.05, 0.1) is 18.7 Å². The van der Waals surface area contributed by atoms with E-state index < -0.39 is 6.04 Å². The van der Waals surface area contributed by atoms with Crippen molar-refractivity contribution in [3.8, 4) is 0 Å². The number of benzene rings is 1. The van der Waals surface area contributed by atoms with Crippen LogP contribution in [-0.4, -0.2) is 17.9 Å². The van der Waals surface area contributed by atoms with Gasteiger partial charge in [-0.1, -0.05) is 44.2 Å². The second-order valence-electron chi connectivity index (χ2n) is 6.20. The Hall–Kier alpha value is -2.56. The molecule has 128 valence electrons. The molecule has 0 saturated heterocycles. The van der Waals surface area contributed by atoms with Crippen LogP contribution in [0.1, 0.15) is 38.1 Å². The molecule has 5 heteroatoms. The van der Waals surface area contributed by atoms with Crippen molar-refractivity contribution in [3.63, 3.8) is 0 Å². The quantitative estimate of drug-likeness (QED) is 0.821. The molecule has 1 heterocycles. The number of nitrogens with one attached hydrogen (secondary N) is 2. The lowest BCUT2D eigenvalue weighted by molar-refractivity contribution is -0.130. The molecule has 1 aromatic heterocycles. The van der Waals surface area contributed by atoms with Crippen LogP contribution >= 0.6 is 0 Å². The maximum absolute atomic E-state index is 12.5. The van der Waals surface area contributed by atoms with Gasteiger partial charge < -0.3 is 15.1 Å². The maximum Gasteiger partial charge on any atom is 0.243 e. The summed E-state index contributed by atoms with van der Waals surface area (Å²) in [6, 6.07) is 12.2. The van der Waals surface area contributed by atoms with Crippen molar-refractivity contribution in [2.24, 2.45) is 5.92 Å². The van der Waals surface area contributed by atoms with E-state index in [0.717, 1.165) is 5.56 Å². The van der Waals surface area contributed by atoms with Crippen LogP contribution in [0.3, 0.4) is 0 Å². The molecule has 0 unspecified atom stereocenters. The van der Waals surface area contributed by atoms with Crippen LogP contribution in [-0.2, 0) is 16.0 Å². The van der Waals surface area contributed by atoms with E-state index >= 15 is 0 Å². The van der Waals surface area contributed by atoms with E-state index in [1.54, 1.807) is 12.3 Å². The average Bonchev–Trinajstić information content (AvgIpc) is 3.07. The Labute approximate surface area is 142 Å². The highest BCUT2D eigenvalue weighted by molar-refractivity contribution is 5.88. The van der Waals surface area contributed by atoms with Gasteiger partial charge >= 0.3 is 0 Å². The first-order valence-electron chi connectivity index (χ1n) is 8.14. The zero-order chi connectivity index (χ0) is 17.5. The van der Waals surface area contributed by atoms with Gasteiger partial charge in [-0.3, -0.25) is 9.59 Å². The summed E-state index contributed by atoms with van der Waals surface area (Å²) in [4.78, 5) is 24.7. The van der Waals surface area contributed by atoms with Crippen LogP contribution in [0.4, 0.5) is 0 Å². The molecule has 0 spiro atoms. The third kappa shape index (κ3) is 4.98. The van der Waals surface area contributed by atoms with Crippen molar-refractivity contribution >= 4 is 11.8 Å². The van der Waals surface area contributed by atoms with Crippen LogP contribution in [0.25, 0.3) is 0 Å². The van der Waals surface area contributed by atoms with Crippen molar-refractivity contribution in [1.82, 2.24) is 10.6 Å². The van der Waals surface area contributed by atoms with Crippen LogP contribution in [0.2, 0.25) is 0 Å². The third-order valence-corrected chi connectivity index (χ3v) is 3.80. The Morgan fingerprint density at radius 1 is 1.00 bits per heavy atom. The van der Waals surface area contributed by atoms with Crippen molar-refractivity contribution in [3.05, 3.63) is 60.1 Å². The molecule has 2 amide bonds. The number of rotatable bonds is 7. The Bertz CT molecular complexity index is 651. The molecule has 2 rings (SSSR count). The van der Waals surface area contributed by atoms with E-state index in [0.29, 0.717) is 5.76 Å². The first-order chi connectivity index (χ1) is 11.5. The minimum absolute atomic E-state index is 0.0199. The number of hydrogen-bond acceptors (Lipinski definition) is 3. The second kappa shape index (κ2) is 8.34. The molecule has 2 N–H and O–H groups in total. The lowest BCUT2D eigenvalue weighted by Crippen LogP contribution is -2.50. The van der Waals surface area contributed by atoms with Gasteiger partial charge in [-0.25, -0.2) is 0 Å². The zero-order valence-electron chi connectivity index (χ0n) is 14.3. The van der Waals surface area contributed by atoms with Crippen molar-refractivity contribution in [2.75, 3.05) is 0 Å². The molecule has 2 atom stereocenters. The SMILES string of the molecule is CC(C)[C@@H](NC(=O)Cc1ccccc1)C(=O)N[C@H](C)c1ccco1. The Kier molecular flexibility index (Phi) is 6.18. The summed E-state index contributed by atoms with van der Waals surface area (Å²) < 4.78 is 5.29. The molecule has 0 saturated carbocycles. The minimum atomic E-state index is -0.585. The molecule has 0 fully saturated rings. The maximum atomic E-state index is 12.5. The monoisotopic (exact) mass is 328 g/mol. The second-order valence-corrected chi connectivity index (χ2v) is 6.20.